The van der Waals surface area contributed by atoms with E-state index in [4.69, 9.17) is 22.4 Å². The molecule has 0 amide bonds. The van der Waals surface area contributed by atoms with E-state index in [9.17, 15) is 10.2 Å². The summed E-state index contributed by atoms with van der Waals surface area (Å²) in [5.41, 5.74) is 5.72. The first-order valence-corrected chi connectivity index (χ1v) is 4.02. The van der Waals surface area contributed by atoms with Crippen LogP contribution in [0.3, 0.4) is 0 Å². The quantitative estimate of drug-likeness (QED) is 0.534. The van der Waals surface area contributed by atoms with Crippen LogP contribution in [0.25, 0.3) is 0 Å². The van der Waals surface area contributed by atoms with E-state index in [-0.39, 0.29) is 22.9 Å². The number of aliphatic hydroxyl groups excluding tert-OH is 1. The molecule has 0 radical (unpaired) electrons. The van der Waals surface area contributed by atoms with E-state index in [1.54, 1.807) is 0 Å². The summed E-state index contributed by atoms with van der Waals surface area (Å²) < 4.78 is 0. The predicted molar refractivity (Wildman–Crippen MR) is 48.8 cm³/mol. The Morgan fingerprint density at radius 1 is 1.31 bits per heavy atom. The fourth-order valence-corrected chi connectivity index (χ4v) is 1.12. The molecular weight excluding hydrogens is 194 g/mol. The molecule has 0 aliphatic rings. The van der Waals surface area contributed by atoms with Crippen molar-refractivity contribution in [3.63, 3.8) is 0 Å². The average Bonchev–Trinajstić information content (AvgIpc) is 2.13. The lowest BCUT2D eigenvalue weighted by Gasteiger charge is -2.11. The largest absolute Gasteiger partial charge is 0.504 e. The maximum atomic E-state index is 9.35. The molecule has 1 aromatic carbocycles. The Labute approximate surface area is 80.2 Å². The third-order valence-corrected chi connectivity index (χ3v) is 2.03. The molecule has 1 atom stereocenters. The van der Waals surface area contributed by atoms with Crippen LogP contribution in [0.1, 0.15) is 11.6 Å². The fourth-order valence-electron chi connectivity index (χ4n) is 0.968. The van der Waals surface area contributed by atoms with Gasteiger partial charge in [-0.25, -0.2) is 0 Å². The Morgan fingerprint density at radius 2 is 1.92 bits per heavy atom. The van der Waals surface area contributed by atoms with Gasteiger partial charge in [-0.2, -0.15) is 0 Å². The van der Waals surface area contributed by atoms with Crippen molar-refractivity contribution >= 4 is 11.6 Å². The Hall–Kier alpha value is -0.970. The Kier molecular flexibility index (Phi) is 2.98. The number of aliphatic hydroxyl groups is 1. The van der Waals surface area contributed by atoms with Gasteiger partial charge in [-0.1, -0.05) is 17.7 Å². The monoisotopic (exact) mass is 203 g/mol. The molecule has 0 aromatic heterocycles. The SMILES string of the molecule is NC(CO)c1ccc(Cl)c(O)c1O. The van der Waals surface area contributed by atoms with Gasteiger partial charge in [0.05, 0.1) is 17.7 Å². The fraction of sp³-hybridized carbons (Fsp3) is 0.250. The van der Waals surface area contributed by atoms with Crippen molar-refractivity contribution in [2.45, 2.75) is 6.04 Å². The van der Waals surface area contributed by atoms with Gasteiger partial charge in [-0.15, -0.1) is 0 Å². The highest BCUT2D eigenvalue weighted by Gasteiger charge is 2.14. The van der Waals surface area contributed by atoms with Crippen LogP contribution in [0.5, 0.6) is 11.5 Å². The highest BCUT2D eigenvalue weighted by molar-refractivity contribution is 6.32. The van der Waals surface area contributed by atoms with Crippen LogP contribution in [-0.2, 0) is 0 Å². The standard InChI is InChI=1S/C8H10ClNO3/c9-5-2-1-4(6(10)3-11)7(12)8(5)13/h1-2,6,11-13H,3,10H2. The lowest BCUT2D eigenvalue weighted by Crippen LogP contribution is -2.14. The van der Waals surface area contributed by atoms with Crippen LogP contribution in [0.4, 0.5) is 0 Å². The van der Waals surface area contributed by atoms with Crippen LogP contribution in [0, 0.1) is 0 Å². The third-order valence-electron chi connectivity index (χ3n) is 1.73. The number of benzene rings is 1. The average molecular weight is 204 g/mol. The molecule has 0 aliphatic heterocycles. The van der Waals surface area contributed by atoms with E-state index in [1.165, 1.54) is 12.1 Å². The second-order valence-electron chi connectivity index (χ2n) is 2.62. The molecule has 0 heterocycles. The molecule has 5 heteroatoms. The maximum Gasteiger partial charge on any atom is 0.176 e. The molecule has 0 fully saturated rings. The van der Waals surface area contributed by atoms with Gasteiger partial charge in [-0.3, -0.25) is 0 Å². The number of phenols is 2. The number of phenolic OH excluding ortho intramolecular Hbond substituents is 2. The first-order chi connectivity index (χ1) is 6.07. The number of nitrogens with two attached hydrogens (primary N) is 1. The van der Waals surface area contributed by atoms with Gasteiger partial charge in [-0.05, 0) is 6.07 Å². The third kappa shape index (κ3) is 1.85. The molecule has 72 valence electrons. The summed E-state index contributed by atoms with van der Waals surface area (Å²) in [6, 6.07) is 2.14. The maximum absolute atomic E-state index is 9.35. The zero-order valence-corrected chi connectivity index (χ0v) is 7.49. The molecule has 0 saturated heterocycles. The molecular formula is C8H10ClNO3. The van der Waals surface area contributed by atoms with Gasteiger partial charge in [0.25, 0.3) is 0 Å². The second-order valence-corrected chi connectivity index (χ2v) is 3.03. The summed E-state index contributed by atoms with van der Waals surface area (Å²) in [7, 11) is 0. The van der Waals surface area contributed by atoms with Crippen molar-refractivity contribution < 1.29 is 15.3 Å². The van der Waals surface area contributed by atoms with E-state index in [0.29, 0.717) is 0 Å². The van der Waals surface area contributed by atoms with Crippen molar-refractivity contribution in [3.05, 3.63) is 22.7 Å². The summed E-state index contributed by atoms with van der Waals surface area (Å²) in [6.45, 7) is -0.311. The zero-order valence-electron chi connectivity index (χ0n) is 6.74. The van der Waals surface area contributed by atoms with Crippen LogP contribution >= 0.6 is 11.6 Å². The van der Waals surface area contributed by atoms with Gasteiger partial charge in [0.2, 0.25) is 0 Å². The van der Waals surface area contributed by atoms with E-state index in [2.05, 4.69) is 0 Å². The van der Waals surface area contributed by atoms with Crippen LogP contribution < -0.4 is 5.73 Å². The lowest BCUT2D eigenvalue weighted by molar-refractivity contribution is 0.264. The Bertz CT molecular complexity index is 317. The van der Waals surface area contributed by atoms with Crippen molar-refractivity contribution in [2.75, 3.05) is 6.61 Å². The molecule has 13 heavy (non-hydrogen) atoms. The molecule has 0 aliphatic carbocycles. The topological polar surface area (TPSA) is 86.7 Å². The minimum atomic E-state index is -0.719. The molecule has 4 nitrogen and oxygen atoms in total. The van der Waals surface area contributed by atoms with E-state index < -0.39 is 11.8 Å². The van der Waals surface area contributed by atoms with Gasteiger partial charge in [0.1, 0.15) is 0 Å². The van der Waals surface area contributed by atoms with Gasteiger partial charge >= 0.3 is 0 Å². The van der Waals surface area contributed by atoms with E-state index in [1.807, 2.05) is 0 Å². The van der Waals surface area contributed by atoms with Crippen LogP contribution in [-0.4, -0.2) is 21.9 Å². The summed E-state index contributed by atoms with van der Waals surface area (Å²) in [6.07, 6.45) is 0. The van der Waals surface area contributed by atoms with Crippen molar-refractivity contribution in [1.29, 1.82) is 0 Å². The van der Waals surface area contributed by atoms with Crippen molar-refractivity contribution in [1.82, 2.24) is 0 Å². The molecule has 1 aromatic rings. The van der Waals surface area contributed by atoms with Gasteiger partial charge < -0.3 is 21.1 Å². The highest BCUT2D eigenvalue weighted by Crippen LogP contribution is 2.37. The molecule has 1 unspecified atom stereocenters. The van der Waals surface area contributed by atoms with E-state index >= 15 is 0 Å². The summed E-state index contributed by atoms with van der Waals surface area (Å²) in [4.78, 5) is 0. The molecule has 0 bridgehead atoms. The smallest absolute Gasteiger partial charge is 0.176 e. The second kappa shape index (κ2) is 3.83. The minimum Gasteiger partial charge on any atom is -0.504 e. The predicted octanol–water partition coefficient (Wildman–Crippen LogP) is 0.743. The summed E-state index contributed by atoms with van der Waals surface area (Å²) in [5, 5.41) is 27.3. The molecule has 0 spiro atoms. The van der Waals surface area contributed by atoms with Gasteiger partial charge in [0, 0.05) is 5.56 Å². The normalized spacial score (nSPS) is 12.8. The van der Waals surface area contributed by atoms with Crippen LogP contribution in [0.15, 0.2) is 12.1 Å². The number of rotatable bonds is 2. The number of hydrogen-bond donors (Lipinski definition) is 4. The summed E-state index contributed by atoms with van der Waals surface area (Å²) in [5.74, 6) is -0.794. The first-order valence-electron chi connectivity index (χ1n) is 3.64. The minimum absolute atomic E-state index is 0.0476. The first kappa shape index (κ1) is 10.1. The summed E-state index contributed by atoms with van der Waals surface area (Å²) >= 11 is 5.52. The Morgan fingerprint density at radius 3 is 2.46 bits per heavy atom. The molecule has 5 N–H and O–H groups in total. The molecule has 0 saturated carbocycles. The number of aromatic hydroxyl groups is 2. The van der Waals surface area contributed by atoms with E-state index in [0.717, 1.165) is 0 Å². The van der Waals surface area contributed by atoms with Gasteiger partial charge in [0.15, 0.2) is 11.5 Å². The molecule has 1 rings (SSSR count). The zero-order chi connectivity index (χ0) is 10.0. The number of halogens is 1. The highest BCUT2D eigenvalue weighted by atomic mass is 35.5. The van der Waals surface area contributed by atoms with Crippen LogP contribution in [0.2, 0.25) is 5.02 Å². The Balaban J connectivity index is 3.18. The van der Waals surface area contributed by atoms with Crippen molar-refractivity contribution in [2.24, 2.45) is 5.73 Å². The van der Waals surface area contributed by atoms with Crippen molar-refractivity contribution in [3.8, 4) is 11.5 Å². The lowest BCUT2D eigenvalue weighted by atomic mass is 10.1. The number of hydrogen-bond acceptors (Lipinski definition) is 4.